The molecule has 0 aliphatic heterocycles. The van der Waals surface area contributed by atoms with Gasteiger partial charge in [-0.2, -0.15) is 0 Å². The third kappa shape index (κ3) is 3.47. The predicted molar refractivity (Wildman–Crippen MR) is 86.9 cm³/mol. The zero-order chi connectivity index (χ0) is 13.0. The van der Waals surface area contributed by atoms with Gasteiger partial charge in [-0.1, -0.05) is 44.4 Å². The minimum Gasteiger partial charge on any atom is -0.310 e. The van der Waals surface area contributed by atoms with Gasteiger partial charge in [-0.25, -0.2) is 0 Å². The first kappa shape index (κ1) is 14.3. The molecule has 0 amide bonds. The highest BCUT2D eigenvalue weighted by atomic mass is 127. The highest BCUT2D eigenvalue weighted by Crippen LogP contribution is 2.36. The van der Waals surface area contributed by atoms with E-state index in [4.69, 9.17) is 0 Å². The number of hydrogen-bond donors (Lipinski definition) is 1. The van der Waals surface area contributed by atoms with Crippen molar-refractivity contribution in [2.75, 3.05) is 6.54 Å². The largest absolute Gasteiger partial charge is 0.310 e. The average molecular weight is 357 g/mol. The van der Waals surface area contributed by atoms with E-state index in [1.54, 1.807) is 0 Å². The van der Waals surface area contributed by atoms with Crippen LogP contribution in [0.1, 0.15) is 56.2 Å². The van der Waals surface area contributed by atoms with Crippen molar-refractivity contribution in [3.63, 3.8) is 0 Å². The molecule has 18 heavy (non-hydrogen) atoms. The van der Waals surface area contributed by atoms with Gasteiger partial charge < -0.3 is 5.32 Å². The van der Waals surface area contributed by atoms with E-state index in [0.29, 0.717) is 6.04 Å². The van der Waals surface area contributed by atoms with Crippen molar-refractivity contribution in [2.45, 2.75) is 52.0 Å². The standard InChI is InChI=1S/C16H24IN/c1-3-10-18-15(11-13-7-5-8-13)14-9-4-6-12(2)16(14)17/h4,6,9,13,15,18H,3,5,7-8,10-11H2,1-2H3. The van der Waals surface area contributed by atoms with Gasteiger partial charge in [0, 0.05) is 9.61 Å². The van der Waals surface area contributed by atoms with Crippen molar-refractivity contribution in [2.24, 2.45) is 5.92 Å². The Labute approximate surface area is 125 Å². The van der Waals surface area contributed by atoms with E-state index >= 15 is 0 Å². The van der Waals surface area contributed by atoms with E-state index in [2.05, 4.69) is 60.0 Å². The van der Waals surface area contributed by atoms with E-state index in [0.717, 1.165) is 12.5 Å². The maximum atomic E-state index is 3.75. The Bertz CT molecular complexity index is 385. The number of benzene rings is 1. The van der Waals surface area contributed by atoms with Gasteiger partial charge in [0.25, 0.3) is 0 Å². The van der Waals surface area contributed by atoms with Crippen LogP contribution in [0.25, 0.3) is 0 Å². The molecule has 1 saturated carbocycles. The molecule has 1 aromatic rings. The Morgan fingerprint density at radius 1 is 1.39 bits per heavy atom. The molecule has 100 valence electrons. The summed E-state index contributed by atoms with van der Waals surface area (Å²) in [7, 11) is 0. The molecule has 1 unspecified atom stereocenters. The number of aryl methyl sites for hydroxylation is 1. The van der Waals surface area contributed by atoms with Crippen molar-refractivity contribution < 1.29 is 0 Å². The topological polar surface area (TPSA) is 12.0 Å². The van der Waals surface area contributed by atoms with Crippen molar-refractivity contribution in [1.29, 1.82) is 0 Å². The lowest BCUT2D eigenvalue weighted by Crippen LogP contribution is -2.27. The fourth-order valence-electron chi connectivity index (χ4n) is 2.64. The number of rotatable bonds is 6. The SMILES string of the molecule is CCCNC(CC1CCC1)c1cccc(C)c1I. The molecule has 1 atom stereocenters. The van der Waals surface area contributed by atoms with E-state index in [1.807, 2.05) is 0 Å². The number of hydrogen-bond acceptors (Lipinski definition) is 1. The lowest BCUT2D eigenvalue weighted by Gasteiger charge is -2.31. The molecule has 2 heteroatoms. The van der Waals surface area contributed by atoms with Gasteiger partial charge in [0.1, 0.15) is 0 Å². The lowest BCUT2D eigenvalue weighted by molar-refractivity contribution is 0.261. The molecule has 1 N–H and O–H groups in total. The Morgan fingerprint density at radius 3 is 2.78 bits per heavy atom. The summed E-state index contributed by atoms with van der Waals surface area (Å²) in [4.78, 5) is 0. The summed E-state index contributed by atoms with van der Waals surface area (Å²) in [5.41, 5.74) is 2.92. The average Bonchev–Trinajstić information content (AvgIpc) is 2.31. The van der Waals surface area contributed by atoms with Gasteiger partial charge in [-0.15, -0.1) is 0 Å². The van der Waals surface area contributed by atoms with Crippen molar-refractivity contribution in [3.8, 4) is 0 Å². The van der Waals surface area contributed by atoms with Crippen molar-refractivity contribution >= 4 is 22.6 Å². The second-order valence-corrected chi connectivity index (χ2v) is 6.60. The molecule has 1 aromatic carbocycles. The molecule has 0 spiro atoms. The number of nitrogens with one attached hydrogen (secondary N) is 1. The van der Waals surface area contributed by atoms with Crippen LogP contribution >= 0.6 is 22.6 Å². The van der Waals surface area contributed by atoms with Gasteiger partial charge >= 0.3 is 0 Å². The van der Waals surface area contributed by atoms with Crippen molar-refractivity contribution in [3.05, 3.63) is 32.9 Å². The van der Waals surface area contributed by atoms with E-state index in [-0.39, 0.29) is 0 Å². The first-order chi connectivity index (χ1) is 8.72. The highest BCUT2D eigenvalue weighted by molar-refractivity contribution is 14.1. The van der Waals surface area contributed by atoms with Crippen molar-refractivity contribution in [1.82, 2.24) is 5.32 Å². The zero-order valence-corrected chi connectivity index (χ0v) is 13.7. The second-order valence-electron chi connectivity index (χ2n) is 5.52. The van der Waals surface area contributed by atoms with Gasteiger partial charge in [-0.3, -0.25) is 0 Å². The van der Waals surface area contributed by atoms with Crippen LogP contribution in [0.5, 0.6) is 0 Å². The molecular formula is C16H24IN. The van der Waals surface area contributed by atoms with Crippen LogP contribution in [0.3, 0.4) is 0 Å². The van der Waals surface area contributed by atoms with Crippen LogP contribution in [-0.2, 0) is 0 Å². The summed E-state index contributed by atoms with van der Waals surface area (Å²) in [5.74, 6) is 0.954. The van der Waals surface area contributed by atoms with Gasteiger partial charge in [0.05, 0.1) is 0 Å². The first-order valence-electron chi connectivity index (χ1n) is 7.20. The van der Waals surface area contributed by atoms with Gasteiger partial charge in [0.15, 0.2) is 0 Å². The monoisotopic (exact) mass is 357 g/mol. The molecule has 2 rings (SSSR count). The van der Waals surface area contributed by atoms with Crippen LogP contribution in [-0.4, -0.2) is 6.54 Å². The van der Waals surface area contributed by atoms with Crippen LogP contribution in [0.2, 0.25) is 0 Å². The minimum atomic E-state index is 0.557. The molecular weight excluding hydrogens is 333 g/mol. The molecule has 0 aromatic heterocycles. The molecule has 1 fully saturated rings. The molecule has 0 saturated heterocycles. The normalized spacial score (nSPS) is 17.5. The summed E-state index contributed by atoms with van der Waals surface area (Å²) in [6, 6.07) is 7.28. The Balaban J connectivity index is 2.12. The highest BCUT2D eigenvalue weighted by Gasteiger charge is 2.24. The van der Waals surface area contributed by atoms with Crippen LogP contribution in [0.4, 0.5) is 0 Å². The predicted octanol–water partition coefficient (Wildman–Crippen LogP) is 4.83. The van der Waals surface area contributed by atoms with Crippen LogP contribution in [0.15, 0.2) is 18.2 Å². The fourth-order valence-corrected chi connectivity index (χ4v) is 3.38. The molecule has 1 aliphatic rings. The third-order valence-electron chi connectivity index (χ3n) is 4.03. The first-order valence-corrected chi connectivity index (χ1v) is 8.28. The van der Waals surface area contributed by atoms with E-state index in [1.165, 1.54) is 46.8 Å². The minimum absolute atomic E-state index is 0.557. The van der Waals surface area contributed by atoms with E-state index in [9.17, 15) is 0 Å². The lowest BCUT2D eigenvalue weighted by atomic mass is 9.79. The summed E-state index contributed by atoms with van der Waals surface area (Å²) in [6.45, 7) is 5.58. The summed E-state index contributed by atoms with van der Waals surface area (Å²) in [6.07, 6.45) is 6.85. The summed E-state index contributed by atoms with van der Waals surface area (Å²) >= 11 is 2.51. The zero-order valence-electron chi connectivity index (χ0n) is 11.5. The third-order valence-corrected chi connectivity index (χ3v) is 5.51. The summed E-state index contributed by atoms with van der Waals surface area (Å²) in [5, 5.41) is 3.75. The fraction of sp³-hybridized carbons (Fsp3) is 0.625. The molecule has 1 aliphatic carbocycles. The summed E-state index contributed by atoms with van der Waals surface area (Å²) < 4.78 is 1.45. The maximum Gasteiger partial charge on any atom is 0.0333 e. The van der Waals surface area contributed by atoms with Gasteiger partial charge in [-0.05, 0) is 65.9 Å². The second kappa shape index (κ2) is 6.90. The van der Waals surface area contributed by atoms with Crippen LogP contribution < -0.4 is 5.32 Å². The Kier molecular flexibility index (Phi) is 5.49. The molecule has 0 radical (unpaired) electrons. The smallest absolute Gasteiger partial charge is 0.0333 e. The Hall–Kier alpha value is -0.0900. The van der Waals surface area contributed by atoms with E-state index < -0.39 is 0 Å². The Morgan fingerprint density at radius 2 is 2.17 bits per heavy atom. The number of halogens is 1. The quantitative estimate of drug-likeness (QED) is 0.719. The molecule has 0 heterocycles. The molecule has 0 bridgehead atoms. The maximum absolute atomic E-state index is 3.75. The van der Waals surface area contributed by atoms with Crippen LogP contribution in [0, 0.1) is 16.4 Å². The molecule has 1 nitrogen and oxygen atoms in total. The van der Waals surface area contributed by atoms with Gasteiger partial charge in [0.2, 0.25) is 0 Å².